The van der Waals surface area contributed by atoms with E-state index in [2.05, 4.69) is 15.5 Å². The summed E-state index contributed by atoms with van der Waals surface area (Å²) in [7, 11) is 1.91. The van der Waals surface area contributed by atoms with E-state index in [1.54, 1.807) is 35.4 Å². The topological polar surface area (TPSA) is 63.1 Å². The van der Waals surface area contributed by atoms with Crippen molar-refractivity contribution < 1.29 is 13.6 Å². The van der Waals surface area contributed by atoms with Gasteiger partial charge in [-0.1, -0.05) is 6.07 Å². The summed E-state index contributed by atoms with van der Waals surface area (Å²) in [5, 5.41) is 10.6. The highest BCUT2D eigenvalue weighted by Gasteiger charge is 2.34. The highest BCUT2D eigenvalue weighted by molar-refractivity contribution is 5.94. The van der Waals surface area contributed by atoms with Crippen molar-refractivity contribution in [2.75, 3.05) is 13.6 Å². The molecule has 0 radical (unpaired) electrons. The Bertz CT molecular complexity index is 975. The molecule has 3 aromatic rings. The Morgan fingerprint density at radius 1 is 1.07 bits per heavy atom. The van der Waals surface area contributed by atoms with Gasteiger partial charge in [-0.05, 0) is 55.4 Å². The van der Waals surface area contributed by atoms with Crippen molar-refractivity contribution in [2.24, 2.45) is 0 Å². The molecule has 0 saturated carbocycles. The number of carbonyl (C=O) groups is 1. The predicted octanol–water partition coefficient (Wildman–Crippen LogP) is 2.72. The van der Waals surface area contributed by atoms with E-state index in [9.17, 15) is 13.6 Å². The van der Waals surface area contributed by atoms with Gasteiger partial charge in [0, 0.05) is 17.8 Å². The van der Waals surface area contributed by atoms with Crippen molar-refractivity contribution >= 4 is 5.91 Å². The first-order valence-electron chi connectivity index (χ1n) is 8.94. The molecule has 1 amide bonds. The van der Waals surface area contributed by atoms with E-state index in [-0.39, 0.29) is 18.0 Å². The first-order chi connectivity index (χ1) is 13.5. The number of benzene rings is 2. The highest BCUT2D eigenvalue weighted by Crippen LogP contribution is 2.32. The number of nitrogens with zero attached hydrogens (tertiary/aromatic N) is 4. The average molecular weight is 383 g/mol. The molecular formula is C20H19F2N5O. The van der Waals surface area contributed by atoms with Gasteiger partial charge in [0.1, 0.15) is 12.7 Å². The Kier molecular flexibility index (Phi) is 4.87. The predicted molar refractivity (Wildman–Crippen MR) is 99.0 cm³/mol. The van der Waals surface area contributed by atoms with Gasteiger partial charge in [0.25, 0.3) is 5.91 Å². The van der Waals surface area contributed by atoms with Gasteiger partial charge in [0.2, 0.25) is 0 Å². The molecule has 1 saturated heterocycles. The van der Waals surface area contributed by atoms with E-state index in [0.717, 1.165) is 24.7 Å². The molecule has 2 atom stereocenters. The molecule has 1 aromatic heterocycles. The van der Waals surface area contributed by atoms with Crippen LogP contribution in [0.3, 0.4) is 0 Å². The van der Waals surface area contributed by atoms with Crippen LogP contribution in [-0.2, 0) is 0 Å². The highest BCUT2D eigenvalue weighted by atomic mass is 19.2. The monoisotopic (exact) mass is 383 g/mol. The molecule has 0 bridgehead atoms. The number of amides is 1. The number of likely N-dealkylation sites (tertiary alicyclic amines) is 1. The Morgan fingerprint density at radius 3 is 2.46 bits per heavy atom. The summed E-state index contributed by atoms with van der Waals surface area (Å²) in [5.41, 5.74) is 2.02. The van der Waals surface area contributed by atoms with E-state index in [1.807, 2.05) is 24.1 Å². The number of nitrogens with one attached hydrogen (secondary N) is 1. The molecule has 1 aliphatic heterocycles. The first-order valence-corrected chi connectivity index (χ1v) is 8.94. The molecule has 0 unspecified atom stereocenters. The van der Waals surface area contributed by atoms with Crippen LogP contribution >= 0.6 is 0 Å². The number of hydrogen-bond donors (Lipinski definition) is 1. The summed E-state index contributed by atoms with van der Waals surface area (Å²) < 4.78 is 28.7. The summed E-state index contributed by atoms with van der Waals surface area (Å²) in [4.78, 5) is 14.7. The molecule has 6 nitrogen and oxygen atoms in total. The maximum absolute atomic E-state index is 13.7. The fraction of sp³-hybridized carbons (Fsp3) is 0.250. The lowest BCUT2D eigenvalue weighted by atomic mass is 9.99. The number of aromatic nitrogens is 3. The van der Waals surface area contributed by atoms with Crippen molar-refractivity contribution in [1.29, 1.82) is 0 Å². The average Bonchev–Trinajstić information content (AvgIpc) is 3.35. The second-order valence-corrected chi connectivity index (χ2v) is 6.88. The molecule has 144 valence electrons. The lowest BCUT2D eigenvalue weighted by Crippen LogP contribution is -2.39. The number of rotatable bonds is 4. The molecule has 28 heavy (non-hydrogen) atoms. The number of likely N-dealkylation sites (N-methyl/N-ethyl adjacent to an activating group) is 1. The van der Waals surface area contributed by atoms with Crippen LogP contribution in [0.4, 0.5) is 8.78 Å². The van der Waals surface area contributed by atoms with Crippen molar-refractivity contribution in [3.8, 4) is 5.69 Å². The summed E-state index contributed by atoms with van der Waals surface area (Å²) in [6, 6.07) is 10.6. The van der Waals surface area contributed by atoms with Crippen LogP contribution < -0.4 is 5.32 Å². The van der Waals surface area contributed by atoms with Crippen LogP contribution in [0.1, 0.15) is 28.4 Å². The summed E-state index contributed by atoms with van der Waals surface area (Å²) >= 11 is 0. The SMILES string of the molecule is CN1CC[C@H](NC(=O)c2ccc(-n3cnnc3)cc2)[C@H]1c1ccc(F)c(F)c1. The minimum absolute atomic E-state index is 0.195. The van der Waals surface area contributed by atoms with Gasteiger partial charge in [0.05, 0.1) is 12.1 Å². The largest absolute Gasteiger partial charge is 0.347 e. The molecule has 0 aliphatic carbocycles. The lowest BCUT2D eigenvalue weighted by Gasteiger charge is -2.26. The van der Waals surface area contributed by atoms with Crippen LogP contribution in [0.2, 0.25) is 0 Å². The van der Waals surface area contributed by atoms with Gasteiger partial charge in [-0.15, -0.1) is 10.2 Å². The second-order valence-electron chi connectivity index (χ2n) is 6.88. The molecule has 8 heteroatoms. The zero-order valence-corrected chi connectivity index (χ0v) is 15.2. The molecule has 2 aromatic carbocycles. The Balaban J connectivity index is 1.50. The Hall–Kier alpha value is -3.13. The zero-order chi connectivity index (χ0) is 19.7. The van der Waals surface area contributed by atoms with Crippen LogP contribution in [0.15, 0.2) is 55.1 Å². The first kappa shape index (κ1) is 18.2. The van der Waals surface area contributed by atoms with Crippen molar-refractivity contribution in [3.05, 3.63) is 77.9 Å². The minimum Gasteiger partial charge on any atom is -0.347 e. The van der Waals surface area contributed by atoms with Crippen LogP contribution in [0.5, 0.6) is 0 Å². The van der Waals surface area contributed by atoms with Gasteiger partial charge in [0.15, 0.2) is 11.6 Å². The van der Waals surface area contributed by atoms with E-state index in [1.165, 1.54) is 6.07 Å². The fourth-order valence-corrected chi connectivity index (χ4v) is 3.65. The maximum Gasteiger partial charge on any atom is 0.251 e. The Labute approximate surface area is 160 Å². The van der Waals surface area contributed by atoms with Crippen LogP contribution in [0, 0.1) is 11.6 Å². The maximum atomic E-state index is 13.7. The van der Waals surface area contributed by atoms with Crippen molar-refractivity contribution in [1.82, 2.24) is 25.0 Å². The van der Waals surface area contributed by atoms with E-state index < -0.39 is 11.6 Å². The Morgan fingerprint density at radius 2 is 1.79 bits per heavy atom. The van der Waals surface area contributed by atoms with E-state index in [4.69, 9.17) is 0 Å². The van der Waals surface area contributed by atoms with Gasteiger partial charge >= 0.3 is 0 Å². The van der Waals surface area contributed by atoms with Gasteiger partial charge in [-0.3, -0.25) is 14.3 Å². The van der Waals surface area contributed by atoms with E-state index in [0.29, 0.717) is 11.1 Å². The normalized spacial score (nSPS) is 19.7. The number of hydrogen-bond acceptors (Lipinski definition) is 4. The molecular weight excluding hydrogens is 364 g/mol. The standard InChI is InChI=1S/C20H19F2N5O/c1-26-9-8-18(19(26)14-4-7-16(21)17(22)10-14)25-20(28)13-2-5-15(6-3-13)27-11-23-24-12-27/h2-7,10-12,18-19H,8-9H2,1H3,(H,25,28)/t18-,19+/m0/s1. The minimum atomic E-state index is -0.882. The molecule has 4 rings (SSSR count). The molecule has 0 spiro atoms. The third kappa shape index (κ3) is 3.50. The van der Waals surface area contributed by atoms with E-state index >= 15 is 0 Å². The van der Waals surface area contributed by atoms with Gasteiger partial charge in [-0.25, -0.2) is 8.78 Å². The summed E-state index contributed by atoms with van der Waals surface area (Å²) in [6.45, 7) is 0.751. The second kappa shape index (κ2) is 7.47. The summed E-state index contributed by atoms with van der Waals surface area (Å²) in [5.74, 6) is -1.96. The third-order valence-electron chi connectivity index (χ3n) is 5.10. The van der Waals surface area contributed by atoms with Crippen LogP contribution in [-0.4, -0.2) is 45.2 Å². The zero-order valence-electron chi connectivity index (χ0n) is 15.2. The third-order valence-corrected chi connectivity index (χ3v) is 5.10. The molecule has 1 N–H and O–H groups in total. The lowest BCUT2D eigenvalue weighted by molar-refractivity contribution is 0.0927. The quantitative estimate of drug-likeness (QED) is 0.753. The summed E-state index contributed by atoms with van der Waals surface area (Å²) in [6.07, 6.45) is 3.89. The number of carbonyl (C=O) groups excluding carboxylic acids is 1. The van der Waals surface area contributed by atoms with Crippen molar-refractivity contribution in [2.45, 2.75) is 18.5 Å². The smallest absolute Gasteiger partial charge is 0.251 e. The van der Waals surface area contributed by atoms with Crippen LogP contribution in [0.25, 0.3) is 5.69 Å². The fourth-order valence-electron chi connectivity index (χ4n) is 3.65. The molecule has 1 aliphatic rings. The molecule has 1 fully saturated rings. The number of halogens is 2. The van der Waals surface area contributed by atoms with Crippen molar-refractivity contribution in [3.63, 3.8) is 0 Å². The molecule has 2 heterocycles. The van der Waals surface area contributed by atoms with Gasteiger partial charge < -0.3 is 5.32 Å². The van der Waals surface area contributed by atoms with Gasteiger partial charge in [-0.2, -0.15) is 0 Å².